The van der Waals surface area contributed by atoms with E-state index in [-0.39, 0.29) is 71.0 Å². The van der Waals surface area contributed by atoms with Crippen LogP contribution >= 0.6 is 0 Å². The van der Waals surface area contributed by atoms with Gasteiger partial charge in [0.1, 0.15) is 51.8 Å². The van der Waals surface area contributed by atoms with Gasteiger partial charge in [-0.1, -0.05) is 182 Å². The Labute approximate surface area is 474 Å². The van der Waals surface area contributed by atoms with Crippen LogP contribution in [0, 0.1) is 0 Å². The topological polar surface area (TPSA) is 291 Å². The van der Waals surface area contributed by atoms with E-state index in [1.807, 2.05) is 84.9 Å². The van der Waals surface area contributed by atoms with E-state index < -0.39 is 85.0 Å². The zero-order valence-electron chi connectivity index (χ0n) is 44.2. The van der Waals surface area contributed by atoms with E-state index in [0.29, 0.717) is 35.1 Å². The molecule has 416 valence electrons. The van der Waals surface area contributed by atoms with Crippen molar-refractivity contribution >= 4 is 17.1 Å². The smallest absolute Gasteiger partial charge is 0.275 e. The first-order valence-electron chi connectivity index (χ1n) is 26.1. The Hall–Kier alpha value is -11.1. The van der Waals surface area contributed by atoms with Gasteiger partial charge in [-0.3, -0.25) is 19.2 Å². The van der Waals surface area contributed by atoms with Crippen LogP contribution in [0.4, 0.5) is 0 Å². The number of ketones is 2. The van der Waals surface area contributed by atoms with E-state index in [4.69, 9.17) is 10.2 Å². The number of benzene rings is 8. The number of carbonyl (C=O) groups is 2. The molecule has 2 aliphatic rings. The Morgan fingerprint density at radius 1 is 0.253 bits per heavy atom. The first-order chi connectivity index (χ1) is 39.9. The molecule has 0 amide bonds. The number of carbonyl (C=O) groups excluding carboxylic acids is 2. The summed E-state index contributed by atoms with van der Waals surface area (Å²) in [6.45, 7) is 0. The second-order valence-electron chi connectivity index (χ2n) is 19.7. The van der Waals surface area contributed by atoms with Gasteiger partial charge in [-0.05, 0) is 33.4 Å². The van der Waals surface area contributed by atoms with Gasteiger partial charge in [0, 0.05) is 78.0 Å². The van der Waals surface area contributed by atoms with Gasteiger partial charge in [-0.15, -0.1) is 0 Å². The molecule has 0 aliphatic heterocycles. The second kappa shape index (κ2) is 24.5. The molecule has 83 heavy (non-hydrogen) atoms. The summed E-state index contributed by atoms with van der Waals surface area (Å²) in [5.74, 6) is -7.05. The highest BCUT2D eigenvalue weighted by molar-refractivity contribution is 6.42. The number of Topliss-reactive ketones (excluding diaryl/α,β-unsaturated/α-hetero) is 2. The average molecular weight is 1110 g/mol. The Kier molecular flexibility index (Phi) is 16.7. The number of aliphatic hydroxyl groups excluding tert-OH is 3. The van der Waals surface area contributed by atoms with Crippen molar-refractivity contribution in [3.05, 3.63) is 309 Å². The highest BCUT2D eigenvalue weighted by Gasteiger charge is 2.46. The van der Waals surface area contributed by atoms with E-state index in [0.717, 1.165) is 22.3 Å². The van der Waals surface area contributed by atoms with Crippen molar-refractivity contribution in [2.45, 2.75) is 38.5 Å². The lowest BCUT2D eigenvalue weighted by atomic mass is 9.74. The minimum Gasteiger partial charge on any atom is -0.507 e. The molecule has 0 saturated heterocycles. The van der Waals surface area contributed by atoms with E-state index in [1.165, 1.54) is 6.07 Å². The molecule has 2 aliphatic carbocycles. The first-order valence-corrected chi connectivity index (χ1v) is 26.1. The molecule has 15 heteroatoms. The van der Waals surface area contributed by atoms with Gasteiger partial charge in [-0.25, -0.2) is 0 Å². The summed E-state index contributed by atoms with van der Waals surface area (Å²) in [6, 6.07) is 56.4. The zero-order chi connectivity index (χ0) is 59.1. The lowest BCUT2D eigenvalue weighted by Crippen LogP contribution is -2.30. The van der Waals surface area contributed by atoms with Crippen LogP contribution in [0.25, 0.3) is 5.57 Å². The fourth-order valence-corrected chi connectivity index (χ4v) is 9.88. The number of hydrogen-bond acceptors (Lipinski definition) is 15. The van der Waals surface area contributed by atoms with Crippen LogP contribution in [0.2, 0.25) is 0 Å². The minimum atomic E-state index is -1.01. The molecule has 0 aromatic heterocycles. The van der Waals surface area contributed by atoms with Crippen molar-refractivity contribution in [3.8, 4) is 46.0 Å². The predicted octanol–water partition coefficient (Wildman–Crippen LogP) is 10.5. The molecule has 0 unspecified atom stereocenters. The van der Waals surface area contributed by atoms with Crippen LogP contribution in [-0.2, 0) is 48.1 Å². The molecule has 0 atom stereocenters. The number of hydrogen-bond donors (Lipinski definition) is 11. The van der Waals surface area contributed by atoms with Crippen LogP contribution in [-0.4, -0.2) is 67.7 Å². The van der Waals surface area contributed by atoms with Gasteiger partial charge in [0.05, 0.1) is 22.3 Å². The molecule has 0 bridgehead atoms. The Balaban J connectivity index is 0.000000218. The molecule has 0 heterocycles. The molecule has 11 N–H and O–H groups in total. The van der Waals surface area contributed by atoms with Crippen LogP contribution in [0.1, 0.15) is 61.2 Å². The van der Waals surface area contributed by atoms with Crippen LogP contribution in [0.3, 0.4) is 0 Å². The summed E-state index contributed by atoms with van der Waals surface area (Å²) in [6.07, 6.45) is 0.854. The third-order valence-corrected chi connectivity index (χ3v) is 14.3. The number of aromatic hydroxyl groups is 8. The van der Waals surface area contributed by atoms with Gasteiger partial charge in [0.15, 0.2) is 5.78 Å². The highest BCUT2D eigenvalue weighted by Crippen LogP contribution is 2.53. The monoisotopic (exact) mass is 1110 g/mol. The Bertz CT molecular complexity index is 3960. The molecular formula is C68H54O15. The molecule has 15 nitrogen and oxygen atoms in total. The summed E-state index contributed by atoms with van der Waals surface area (Å²) in [7, 11) is 0. The molecule has 0 radical (unpaired) electrons. The summed E-state index contributed by atoms with van der Waals surface area (Å²) < 4.78 is 0. The van der Waals surface area contributed by atoms with Gasteiger partial charge in [0.2, 0.25) is 17.3 Å². The maximum atomic E-state index is 14.2. The molecule has 0 fully saturated rings. The largest absolute Gasteiger partial charge is 0.507 e. The molecular weight excluding hydrogens is 1060 g/mol. The fraction of sp³-hybridized carbons (Fsp3) is 0.0882. The first kappa shape index (κ1) is 56.7. The van der Waals surface area contributed by atoms with Gasteiger partial charge < -0.3 is 56.2 Å². The van der Waals surface area contributed by atoms with Crippen molar-refractivity contribution in [2.75, 3.05) is 0 Å². The molecule has 9 aromatic carbocycles. The van der Waals surface area contributed by atoms with Gasteiger partial charge in [-0.2, -0.15) is 0 Å². The van der Waals surface area contributed by atoms with E-state index in [1.54, 1.807) is 97.1 Å². The standard InChI is InChI=1S/C44H34O8.C20H18O3.C4H2O4/c45-37-29(21-25-13-5-1-6-14-25)39(47)33(40(48)30(37)22-26-15-7-2-8-16-26)35-43(51)36(44(35)52)34-41(49)31(23-27-17-9-3-10-18-27)38(46)32(42(34)50)24-28-19-11-4-12-20-28;21-18-13-19(22)17(12-15-9-5-2-6-10-15)20(23)16(18)11-14-7-3-1-4-8-14;5-1-2(6)4(8)3(1)7/h1-20,45-49,51H,21-24H2;1-10,13,21-23H,11-12H2;5-6H. The SMILES string of the molecule is O=C1C(Cc2ccccc2)=C(O)C(Cc2ccccc2)=C(O)C1=C1C(=O)C(c2c(O)c(Cc3ccccc3)c(O)c(Cc3ccccc3)c2O)=C1O.O=c1c(O)c(O)c1=O.Oc1cc(O)c(Cc2ccccc2)c(O)c1Cc1ccccc1. The minimum absolute atomic E-state index is 0.00102. The lowest BCUT2D eigenvalue weighted by molar-refractivity contribution is -0.115. The fourth-order valence-electron chi connectivity index (χ4n) is 9.88. The number of allylic oxidation sites excluding steroid dienone is 5. The van der Waals surface area contributed by atoms with Crippen LogP contribution < -0.4 is 10.9 Å². The summed E-state index contributed by atoms with van der Waals surface area (Å²) >= 11 is 0. The zero-order valence-corrected chi connectivity index (χ0v) is 44.2. The normalized spacial score (nSPS) is 14.0. The number of aliphatic hydroxyl groups is 3. The van der Waals surface area contributed by atoms with Crippen molar-refractivity contribution in [1.29, 1.82) is 0 Å². The quantitative estimate of drug-likeness (QED) is 0.0378. The van der Waals surface area contributed by atoms with E-state index in [9.17, 15) is 65.1 Å². The van der Waals surface area contributed by atoms with Gasteiger partial charge >= 0.3 is 0 Å². The summed E-state index contributed by atoms with van der Waals surface area (Å²) in [4.78, 5) is 48.2. The molecule has 11 rings (SSSR count). The van der Waals surface area contributed by atoms with Crippen LogP contribution in [0.5, 0.6) is 46.0 Å². The predicted molar refractivity (Wildman–Crippen MR) is 311 cm³/mol. The number of phenols is 6. The van der Waals surface area contributed by atoms with Gasteiger partial charge in [0.25, 0.3) is 10.9 Å². The molecule has 0 spiro atoms. The van der Waals surface area contributed by atoms with Crippen LogP contribution in [0.15, 0.2) is 237 Å². The van der Waals surface area contributed by atoms with Crippen molar-refractivity contribution in [2.24, 2.45) is 0 Å². The highest BCUT2D eigenvalue weighted by atomic mass is 16.3. The number of phenolic OH excluding ortho intramolecular Hbond substituents is 6. The Morgan fingerprint density at radius 3 is 0.867 bits per heavy atom. The maximum absolute atomic E-state index is 14.2. The third-order valence-electron chi connectivity index (χ3n) is 14.3. The van der Waals surface area contributed by atoms with E-state index in [2.05, 4.69) is 0 Å². The maximum Gasteiger partial charge on any atom is 0.275 e. The van der Waals surface area contributed by atoms with Crippen molar-refractivity contribution < 1.29 is 65.8 Å². The molecule has 0 saturated carbocycles. The van der Waals surface area contributed by atoms with Crippen molar-refractivity contribution in [3.63, 3.8) is 0 Å². The molecule has 9 aromatic rings. The Morgan fingerprint density at radius 2 is 0.542 bits per heavy atom. The third kappa shape index (κ3) is 11.8. The number of rotatable bonds is 13. The summed E-state index contributed by atoms with van der Waals surface area (Å²) in [5, 5.41) is 117. The van der Waals surface area contributed by atoms with Crippen molar-refractivity contribution in [1.82, 2.24) is 0 Å². The average Bonchev–Trinajstić information content (AvgIpc) is 1.54. The van der Waals surface area contributed by atoms with E-state index >= 15 is 0 Å². The summed E-state index contributed by atoms with van der Waals surface area (Å²) in [5.41, 5.74) is 1.75. The second-order valence-corrected chi connectivity index (χ2v) is 19.7. The lowest BCUT2D eigenvalue weighted by Gasteiger charge is -2.29.